The number of nitrogens with two attached hydrogens (primary N) is 1. The molecule has 2 rings (SSSR count). The van der Waals surface area contributed by atoms with Crippen molar-refractivity contribution in [2.45, 2.75) is 50.0 Å². The Labute approximate surface area is 133 Å². The lowest BCUT2D eigenvalue weighted by Crippen LogP contribution is -2.43. The Kier molecular flexibility index (Phi) is 5.27. The first-order valence-electron chi connectivity index (χ1n) is 7.14. The number of rotatable bonds is 4. The fraction of sp³-hybridized carbons (Fsp3) is 0.571. The molecule has 2 N–H and O–H groups in total. The van der Waals surface area contributed by atoms with Crippen molar-refractivity contribution in [1.29, 1.82) is 0 Å². The number of nitrogens with zero attached hydrogens (tertiary/aromatic N) is 1. The Balaban J connectivity index is 2.45. The predicted molar refractivity (Wildman–Crippen MR) is 85.0 cm³/mol. The van der Waals surface area contributed by atoms with E-state index in [1.165, 1.54) is 16.4 Å². The van der Waals surface area contributed by atoms with Gasteiger partial charge in [0.15, 0.2) is 5.82 Å². The maximum Gasteiger partial charge on any atom is 0.246 e. The van der Waals surface area contributed by atoms with Gasteiger partial charge >= 0.3 is 0 Å². The molecule has 4 nitrogen and oxygen atoms in total. The first-order chi connectivity index (χ1) is 9.87. The number of hydrogen-bond donors (Lipinski definition) is 1. The molecule has 0 radical (unpaired) electrons. The van der Waals surface area contributed by atoms with E-state index in [9.17, 15) is 12.8 Å². The summed E-state index contributed by atoms with van der Waals surface area (Å²) in [7, 11) is -3.86. The van der Waals surface area contributed by atoms with Crippen molar-refractivity contribution in [2.24, 2.45) is 0 Å². The SMILES string of the molecule is CCCC1CCCCN1S(=O)(=O)c1cc(N)cc(Br)c1F. The zero-order valence-corrected chi connectivity index (χ0v) is 14.4. The first-order valence-corrected chi connectivity index (χ1v) is 9.37. The van der Waals surface area contributed by atoms with Crippen molar-refractivity contribution in [3.63, 3.8) is 0 Å². The number of anilines is 1. The van der Waals surface area contributed by atoms with E-state index in [0.717, 1.165) is 32.1 Å². The maximum absolute atomic E-state index is 14.2. The molecule has 1 unspecified atom stereocenters. The fourth-order valence-corrected chi connectivity index (χ4v) is 5.27. The molecule has 0 amide bonds. The van der Waals surface area contributed by atoms with Crippen molar-refractivity contribution in [1.82, 2.24) is 4.31 Å². The molecule has 1 atom stereocenters. The van der Waals surface area contributed by atoms with E-state index in [4.69, 9.17) is 5.73 Å². The van der Waals surface area contributed by atoms with Crippen LogP contribution in [0.15, 0.2) is 21.5 Å². The van der Waals surface area contributed by atoms with E-state index in [2.05, 4.69) is 15.9 Å². The van der Waals surface area contributed by atoms with E-state index in [1.54, 1.807) is 0 Å². The molecule has 1 aliphatic heterocycles. The number of hydrogen-bond acceptors (Lipinski definition) is 3. The molecule has 1 aliphatic rings. The topological polar surface area (TPSA) is 63.4 Å². The fourth-order valence-electron chi connectivity index (χ4n) is 2.81. The van der Waals surface area contributed by atoms with Crippen LogP contribution < -0.4 is 5.73 Å². The van der Waals surface area contributed by atoms with Gasteiger partial charge in [0.2, 0.25) is 10.0 Å². The molecule has 1 aromatic rings. The number of nitrogen functional groups attached to an aromatic ring is 1. The summed E-state index contributed by atoms with van der Waals surface area (Å²) in [5, 5.41) is 0. The smallest absolute Gasteiger partial charge is 0.246 e. The van der Waals surface area contributed by atoms with E-state index >= 15 is 0 Å². The molecule has 0 aromatic heterocycles. The van der Waals surface area contributed by atoms with Gasteiger partial charge in [-0.3, -0.25) is 0 Å². The lowest BCUT2D eigenvalue weighted by molar-refractivity contribution is 0.239. The van der Waals surface area contributed by atoms with Gasteiger partial charge in [-0.05, 0) is 47.3 Å². The Morgan fingerprint density at radius 2 is 2.14 bits per heavy atom. The van der Waals surface area contributed by atoms with Crippen molar-refractivity contribution < 1.29 is 12.8 Å². The minimum atomic E-state index is -3.86. The van der Waals surface area contributed by atoms with Crippen molar-refractivity contribution >= 4 is 31.6 Å². The van der Waals surface area contributed by atoms with Gasteiger partial charge in [0.25, 0.3) is 0 Å². The summed E-state index contributed by atoms with van der Waals surface area (Å²) in [6.07, 6.45) is 4.35. The van der Waals surface area contributed by atoms with Gasteiger partial charge in [-0.2, -0.15) is 4.31 Å². The van der Waals surface area contributed by atoms with Crippen LogP contribution in [0.1, 0.15) is 39.0 Å². The summed E-state index contributed by atoms with van der Waals surface area (Å²) >= 11 is 3.02. The molecule has 0 spiro atoms. The van der Waals surface area contributed by atoms with Gasteiger partial charge in [0.05, 0.1) is 4.47 Å². The van der Waals surface area contributed by atoms with Crippen LogP contribution in [0, 0.1) is 5.82 Å². The summed E-state index contributed by atoms with van der Waals surface area (Å²) in [4.78, 5) is -0.336. The second-order valence-electron chi connectivity index (χ2n) is 5.37. The first kappa shape index (κ1) is 16.7. The summed E-state index contributed by atoms with van der Waals surface area (Å²) in [6, 6.07) is 2.52. The highest BCUT2D eigenvalue weighted by Gasteiger charge is 2.35. The highest BCUT2D eigenvalue weighted by atomic mass is 79.9. The Morgan fingerprint density at radius 1 is 1.43 bits per heavy atom. The highest BCUT2D eigenvalue weighted by molar-refractivity contribution is 9.10. The average Bonchev–Trinajstić information content (AvgIpc) is 2.43. The van der Waals surface area contributed by atoms with Gasteiger partial charge in [0.1, 0.15) is 4.90 Å². The van der Waals surface area contributed by atoms with E-state index < -0.39 is 15.8 Å². The average molecular weight is 379 g/mol. The Hall–Kier alpha value is -0.660. The Morgan fingerprint density at radius 3 is 2.81 bits per heavy atom. The van der Waals surface area contributed by atoms with Crippen LogP contribution in [0.3, 0.4) is 0 Å². The monoisotopic (exact) mass is 378 g/mol. The molecule has 0 aliphatic carbocycles. The molecule has 1 saturated heterocycles. The van der Waals surface area contributed by atoms with Crippen LogP contribution in [-0.2, 0) is 10.0 Å². The van der Waals surface area contributed by atoms with Gasteiger partial charge in [-0.15, -0.1) is 0 Å². The molecule has 0 bridgehead atoms. The number of piperidine rings is 1. The maximum atomic E-state index is 14.2. The summed E-state index contributed by atoms with van der Waals surface area (Å²) < 4.78 is 41.4. The standard InChI is InChI=1S/C14H20BrFN2O2S/c1-2-5-11-6-3-4-7-18(11)21(19,20)13-9-10(17)8-12(15)14(13)16/h8-9,11H,2-7,17H2,1H3. The molecule has 21 heavy (non-hydrogen) atoms. The van der Waals surface area contributed by atoms with Gasteiger partial charge in [0, 0.05) is 18.3 Å². The third-order valence-corrected chi connectivity index (χ3v) is 6.33. The van der Waals surface area contributed by atoms with Crippen LogP contribution in [0.2, 0.25) is 0 Å². The second-order valence-corrected chi connectivity index (χ2v) is 8.08. The molecule has 1 aromatic carbocycles. The predicted octanol–water partition coefficient (Wildman–Crippen LogP) is 3.51. The second kappa shape index (κ2) is 6.62. The molecule has 1 fully saturated rings. The van der Waals surface area contributed by atoms with Crippen LogP contribution in [0.5, 0.6) is 0 Å². The number of benzene rings is 1. The van der Waals surface area contributed by atoms with Crippen LogP contribution in [-0.4, -0.2) is 25.3 Å². The Bertz CT molecular complexity index is 620. The molecular formula is C14H20BrFN2O2S. The number of sulfonamides is 1. The van der Waals surface area contributed by atoms with Crippen LogP contribution in [0.25, 0.3) is 0 Å². The molecule has 0 saturated carbocycles. The van der Waals surface area contributed by atoms with Crippen molar-refractivity contribution in [2.75, 3.05) is 12.3 Å². The molecule has 1 heterocycles. The summed E-state index contributed by atoms with van der Waals surface area (Å²) in [5.41, 5.74) is 5.90. The summed E-state index contributed by atoms with van der Waals surface area (Å²) in [5.74, 6) is -0.773. The zero-order valence-electron chi connectivity index (χ0n) is 12.0. The van der Waals surface area contributed by atoms with Gasteiger partial charge in [-0.25, -0.2) is 12.8 Å². The molecule has 7 heteroatoms. The molecule has 118 valence electrons. The molecular weight excluding hydrogens is 359 g/mol. The largest absolute Gasteiger partial charge is 0.399 e. The van der Waals surface area contributed by atoms with Crippen molar-refractivity contribution in [3.8, 4) is 0 Å². The van der Waals surface area contributed by atoms with Gasteiger partial charge in [-0.1, -0.05) is 19.8 Å². The minimum absolute atomic E-state index is 0.0478. The minimum Gasteiger partial charge on any atom is -0.399 e. The van der Waals surface area contributed by atoms with E-state index in [-0.39, 0.29) is 21.1 Å². The normalized spacial score (nSPS) is 20.6. The van der Waals surface area contributed by atoms with Crippen molar-refractivity contribution in [3.05, 3.63) is 22.4 Å². The third kappa shape index (κ3) is 3.40. The van der Waals surface area contributed by atoms with E-state index in [0.29, 0.717) is 6.54 Å². The van der Waals surface area contributed by atoms with Crippen LogP contribution in [0.4, 0.5) is 10.1 Å². The lowest BCUT2D eigenvalue weighted by Gasteiger charge is -2.34. The van der Waals surface area contributed by atoms with Gasteiger partial charge < -0.3 is 5.73 Å². The summed E-state index contributed by atoms with van der Waals surface area (Å²) in [6.45, 7) is 2.47. The highest BCUT2D eigenvalue weighted by Crippen LogP contribution is 2.32. The van der Waals surface area contributed by atoms with E-state index in [1.807, 2.05) is 6.92 Å². The quantitative estimate of drug-likeness (QED) is 0.815. The lowest BCUT2D eigenvalue weighted by atomic mass is 10.0. The number of halogens is 2. The van der Waals surface area contributed by atoms with Crippen LogP contribution >= 0.6 is 15.9 Å². The zero-order chi connectivity index (χ0) is 15.6. The third-order valence-electron chi connectivity index (χ3n) is 3.80.